The summed E-state index contributed by atoms with van der Waals surface area (Å²) in [5.41, 5.74) is 1.06. The van der Waals surface area contributed by atoms with Crippen molar-refractivity contribution in [2.45, 2.75) is 25.8 Å². The van der Waals surface area contributed by atoms with Crippen LogP contribution in [0.1, 0.15) is 29.5 Å². The average Bonchev–Trinajstić information content (AvgIpc) is 2.59. The van der Waals surface area contributed by atoms with Crippen LogP contribution in [0.3, 0.4) is 0 Å². The molecule has 2 heterocycles. The normalized spacial score (nSPS) is 17.5. The molecule has 1 aromatic carbocycles. The van der Waals surface area contributed by atoms with E-state index in [0.717, 1.165) is 5.56 Å². The number of morpholine rings is 1. The molecule has 1 atom stereocenters. The molecule has 0 aliphatic carbocycles. The number of carbonyl (C=O) groups is 1. The lowest BCUT2D eigenvalue weighted by atomic mass is 10.1. The van der Waals surface area contributed by atoms with Crippen molar-refractivity contribution in [3.05, 3.63) is 63.6 Å². The van der Waals surface area contributed by atoms with Crippen LogP contribution >= 0.6 is 0 Å². The lowest BCUT2D eigenvalue weighted by molar-refractivity contribution is -0.140. The number of halogens is 1. The number of hydrogen-bond acceptors (Lipinski definition) is 4. The Balaban J connectivity index is 1.73. The maximum atomic E-state index is 13.3. The lowest BCUT2D eigenvalue weighted by Crippen LogP contribution is -2.44. The average molecular weight is 345 g/mol. The molecule has 0 saturated carbocycles. The molecular weight excluding hydrogens is 325 g/mol. The summed E-state index contributed by atoms with van der Waals surface area (Å²) >= 11 is 0. The van der Waals surface area contributed by atoms with Crippen molar-refractivity contribution in [2.75, 3.05) is 19.8 Å². The Hall–Kier alpha value is -2.54. The van der Waals surface area contributed by atoms with Gasteiger partial charge in [-0.2, -0.15) is 0 Å². The summed E-state index contributed by atoms with van der Waals surface area (Å²) in [6.45, 7) is 2.90. The van der Waals surface area contributed by atoms with Gasteiger partial charge in [0, 0.05) is 19.0 Å². The molecule has 1 aromatic heterocycles. The second kappa shape index (κ2) is 7.57. The summed E-state index contributed by atoms with van der Waals surface area (Å²) in [7, 11) is 0. The molecule has 6 nitrogen and oxygen atoms in total. The lowest BCUT2D eigenvalue weighted by Gasteiger charge is -2.35. The van der Waals surface area contributed by atoms with E-state index in [0.29, 0.717) is 37.7 Å². The van der Waals surface area contributed by atoms with Gasteiger partial charge in [-0.05, 0) is 31.0 Å². The van der Waals surface area contributed by atoms with Crippen LogP contribution in [0, 0.1) is 12.7 Å². The van der Waals surface area contributed by atoms with Gasteiger partial charge in [0.25, 0.3) is 5.56 Å². The highest BCUT2D eigenvalue weighted by Gasteiger charge is 2.29. The van der Waals surface area contributed by atoms with E-state index in [9.17, 15) is 14.0 Å². The van der Waals surface area contributed by atoms with Crippen LogP contribution in [0.2, 0.25) is 0 Å². The quantitative estimate of drug-likeness (QED) is 0.916. The first-order valence-corrected chi connectivity index (χ1v) is 8.22. The van der Waals surface area contributed by atoms with E-state index >= 15 is 0 Å². The highest BCUT2D eigenvalue weighted by Crippen LogP contribution is 2.23. The third-order valence-electron chi connectivity index (χ3n) is 4.19. The molecular formula is C18H20FN3O3. The van der Waals surface area contributed by atoms with Crippen molar-refractivity contribution in [1.82, 2.24) is 14.9 Å². The fourth-order valence-electron chi connectivity index (χ4n) is 3.01. The zero-order chi connectivity index (χ0) is 17.8. The van der Waals surface area contributed by atoms with Crippen molar-refractivity contribution in [3.63, 3.8) is 0 Å². The maximum absolute atomic E-state index is 13.3. The molecule has 7 heteroatoms. The molecule has 1 fully saturated rings. The summed E-state index contributed by atoms with van der Waals surface area (Å²) in [6, 6.07) is 7.27. The molecule has 0 radical (unpaired) electrons. The first kappa shape index (κ1) is 17.3. The largest absolute Gasteiger partial charge is 0.377 e. The van der Waals surface area contributed by atoms with Crippen LogP contribution in [-0.4, -0.2) is 40.5 Å². The number of benzene rings is 1. The molecule has 0 unspecified atom stereocenters. The number of amides is 1. The number of hydrogen-bond donors (Lipinski definition) is 1. The molecule has 0 bridgehead atoms. The Morgan fingerprint density at radius 2 is 2.28 bits per heavy atom. The Morgan fingerprint density at radius 1 is 1.44 bits per heavy atom. The van der Waals surface area contributed by atoms with E-state index in [1.165, 1.54) is 18.2 Å². The predicted molar refractivity (Wildman–Crippen MR) is 89.6 cm³/mol. The zero-order valence-electron chi connectivity index (χ0n) is 14.0. The summed E-state index contributed by atoms with van der Waals surface area (Å²) in [5, 5.41) is 0. The number of ether oxygens (including phenoxy) is 1. The van der Waals surface area contributed by atoms with Gasteiger partial charge in [0.2, 0.25) is 5.91 Å². The third kappa shape index (κ3) is 4.30. The highest BCUT2D eigenvalue weighted by atomic mass is 19.1. The number of H-pyrrole nitrogens is 1. The van der Waals surface area contributed by atoms with Gasteiger partial charge in [0.1, 0.15) is 11.6 Å². The van der Waals surface area contributed by atoms with Gasteiger partial charge in [-0.25, -0.2) is 9.37 Å². The summed E-state index contributed by atoms with van der Waals surface area (Å²) in [4.78, 5) is 33.0. The van der Waals surface area contributed by atoms with Crippen molar-refractivity contribution in [1.29, 1.82) is 0 Å². The van der Waals surface area contributed by atoms with Crippen molar-refractivity contribution in [3.8, 4) is 0 Å². The van der Waals surface area contributed by atoms with Gasteiger partial charge in [0.15, 0.2) is 0 Å². The summed E-state index contributed by atoms with van der Waals surface area (Å²) in [6.07, 6.45) is 0.727. The van der Waals surface area contributed by atoms with Crippen LogP contribution in [0.4, 0.5) is 4.39 Å². The van der Waals surface area contributed by atoms with Crippen molar-refractivity contribution >= 4 is 5.91 Å². The van der Waals surface area contributed by atoms with Gasteiger partial charge in [-0.1, -0.05) is 12.1 Å². The van der Waals surface area contributed by atoms with Gasteiger partial charge in [-0.3, -0.25) is 9.59 Å². The second-order valence-electron chi connectivity index (χ2n) is 6.06. The third-order valence-corrected chi connectivity index (χ3v) is 4.19. The summed E-state index contributed by atoms with van der Waals surface area (Å²) in [5.74, 6) is 0.134. The standard InChI is InChI=1S/C18H20FN3O3/c1-12-20-15(10-17(23)21-12)16-11-25-8-7-22(16)18(24)6-5-13-3-2-4-14(19)9-13/h2-4,9-10,16H,5-8,11H2,1H3,(H,20,21,23)/t16-/m1/s1. The molecule has 1 aliphatic heterocycles. The number of nitrogens with one attached hydrogen (secondary N) is 1. The van der Waals surface area contributed by atoms with Crippen LogP contribution in [0.5, 0.6) is 0 Å². The van der Waals surface area contributed by atoms with Gasteiger partial charge < -0.3 is 14.6 Å². The van der Waals surface area contributed by atoms with Crippen molar-refractivity contribution < 1.29 is 13.9 Å². The van der Waals surface area contributed by atoms with E-state index in [4.69, 9.17) is 4.74 Å². The topological polar surface area (TPSA) is 75.3 Å². The van der Waals surface area contributed by atoms with Crippen LogP contribution in [-0.2, 0) is 16.0 Å². The first-order chi connectivity index (χ1) is 12.0. The number of aromatic amines is 1. The Bertz CT molecular complexity index is 821. The molecule has 132 valence electrons. The summed E-state index contributed by atoms with van der Waals surface area (Å²) < 4.78 is 18.7. The number of aromatic nitrogens is 2. The Labute approximate surface area is 144 Å². The number of aryl methyl sites for hydroxylation is 2. The van der Waals surface area contributed by atoms with Crippen LogP contribution < -0.4 is 5.56 Å². The molecule has 3 rings (SSSR count). The molecule has 2 aromatic rings. The number of nitrogens with zero attached hydrogens (tertiary/aromatic N) is 2. The molecule has 1 aliphatic rings. The van der Waals surface area contributed by atoms with Gasteiger partial charge >= 0.3 is 0 Å². The predicted octanol–water partition coefficient (Wildman–Crippen LogP) is 1.75. The van der Waals surface area contributed by atoms with E-state index < -0.39 is 0 Å². The first-order valence-electron chi connectivity index (χ1n) is 8.22. The molecule has 1 N–H and O–H groups in total. The minimum absolute atomic E-state index is 0.0581. The minimum Gasteiger partial charge on any atom is -0.377 e. The molecule has 25 heavy (non-hydrogen) atoms. The minimum atomic E-state index is -0.380. The monoisotopic (exact) mass is 345 g/mol. The Kier molecular flexibility index (Phi) is 5.23. The molecule has 0 spiro atoms. The molecule has 1 saturated heterocycles. The van der Waals surface area contributed by atoms with E-state index in [-0.39, 0.29) is 29.7 Å². The van der Waals surface area contributed by atoms with Gasteiger partial charge in [-0.15, -0.1) is 0 Å². The van der Waals surface area contributed by atoms with E-state index in [1.54, 1.807) is 24.0 Å². The fourth-order valence-corrected chi connectivity index (χ4v) is 3.01. The number of carbonyl (C=O) groups excluding carboxylic acids is 1. The van der Waals surface area contributed by atoms with Crippen molar-refractivity contribution in [2.24, 2.45) is 0 Å². The van der Waals surface area contributed by atoms with E-state index in [2.05, 4.69) is 9.97 Å². The molecule has 1 amide bonds. The Morgan fingerprint density at radius 3 is 3.04 bits per heavy atom. The SMILES string of the molecule is Cc1nc([C@H]2COCCN2C(=O)CCc2cccc(F)c2)cc(=O)[nH]1. The van der Waals surface area contributed by atoms with Crippen LogP contribution in [0.15, 0.2) is 35.1 Å². The van der Waals surface area contributed by atoms with Crippen LogP contribution in [0.25, 0.3) is 0 Å². The highest BCUT2D eigenvalue weighted by molar-refractivity contribution is 5.77. The number of rotatable bonds is 4. The van der Waals surface area contributed by atoms with Gasteiger partial charge in [0.05, 0.1) is 24.9 Å². The smallest absolute Gasteiger partial charge is 0.251 e. The second-order valence-corrected chi connectivity index (χ2v) is 6.06. The fraction of sp³-hybridized carbons (Fsp3) is 0.389. The zero-order valence-corrected chi connectivity index (χ0v) is 14.0. The maximum Gasteiger partial charge on any atom is 0.251 e. The van der Waals surface area contributed by atoms with E-state index in [1.807, 2.05) is 0 Å².